The third-order valence-corrected chi connectivity index (χ3v) is 14.0. The second-order valence-electron chi connectivity index (χ2n) is 11.0. The first kappa shape index (κ1) is 22.0. The lowest BCUT2D eigenvalue weighted by Crippen LogP contribution is -2.70. The number of hydrogen-bond acceptors (Lipinski definition) is 1. The molecule has 0 fully saturated rings. The van der Waals surface area contributed by atoms with Gasteiger partial charge in [-0.15, -0.1) is 0 Å². The van der Waals surface area contributed by atoms with Crippen molar-refractivity contribution >= 4 is 61.7 Å². The maximum absolute atomic E-state index is 3.77. The highest BCUT2D eigenvalue weighted by Crippen LogP contribution is 2.39. The van der Waals surface area contributed by atoms with E-state index in [0.717, 1.165) is 11.4 Å². The zero-order valence-electron chi connectivity index (χ0n) is 21.9. The predicted molar refractivity (Wildman–Crippen MR) is 173 cm³/mol. The molecule has 0 amide bonds. The minimum absolute atomic E-state index is 1.11. The molecule has 0 atom stereocenters. The average Bonchev–Trinajstić information content (AvgIpc) is 3.48. The first-order valence-electron chi connectivity index (χ1n) is 13.9. The van der Waals surface area contributed by atoms with Crippen LogP contribution in [0.5, 0.6) is 0 Å². The minimum atomic E-state index is -2.50. The molecule has 0 aromatic heterocycles. The highest BCUT2D eigenvalue weighted by Gasteiger charge is 2.54. The standard InChI is InChI=1S/C38H25NSi/c1-2-11-27-23-28(19-17-25(27)9-1)39-29-20-21-33-37(24-29)40(36-22-18-26-10-3-4-12-30(26)38(33)36)34-15-7-5-13-31(34)32-14-6-8-16-35(32)40/h1-24,39H. The Hall–Kier alpha value is -4.92. The molecule has 0 unspecified atom stereocenters. The van der Waals surface area contributed by atoms with Crippen molar-refractivity contribution in [2.24, 2.45) is 0 Å². The summed E-state index contributed by atoms with van der Waals surface area (Å²) >= 11 is 0. The van der Waals surface area contributed by atoms with Gasteiger partial charge >= 0.3 is 0 Å². The van der Waals surface area contributed by atoms with Crippen molar-refractivity contribution in [1.82, 2.24) is 0 Å². The SMILES string of the molecule is c1ccc2c(c1)-c1ccccc1[Si]21c2cc(Nc3ccc4ccccc4c3)ccc2-c2c1ccc1ccccc21. The van der Waals surface area contributed by atoms with Crippen LogP contribution >= 0.6 is 0 Å². The lowest BCUT2D eigenvalue weighted by atomic mass is 9.98. The van der Waals surface area contributed by atoms with Gasteiger partial charge in [-0.25, -0.2) is 0 Å². The number of hydrogen-bond donors (Lipinski definition) is 1. The summed E-state index contributed by atoms with van der Waals surface area (Å²) in [4.78, 5) is 0. The molecule has 9 rings (SSSR count). The van der Waals surface area contributed by atoms with E-state index >= 15 is 0 Å². The quantitative estimate of drug-likeness (QED) is 0.239. The Bertz CT molecular complexity index is 2110. The van der Waals surface area contributed by atoms with Crippen molar-refractivity contribution in [3.8, 4) is 22.3 Å². The molecule has 0 saturated heterocycles. The monoisotopic (exact) mass is 523 g/mol. The number of anilines is 2. The minimum Gasteiger partial charge on any atom is -0.356 e. The molecule has 1 N–H and O–H groups in total. The van der Waals surface area contributed by atoms with Gasteiger partial charge < -0.3 is 5.32 Å². The van der Waals surface area contributed by atoms with E-state index in [1.54, 1.807) is 0 Å². The van der Waals surface area contributed by atoms with Crippen LogP contribution < -0.4 is 26.1 Å². The topological polar surface area (TPSA) is 12.0 Å². The van der Waals surface area contributed by atoms with Crippen molar-refractivity contribution < 1.29 is 0 Å². The normalized spacial score (nSPS) is 13.7. The summed E-state index contributed by atoms with van der Waals surface area (Å²) in [5.74, 6) is 0. The van der Waals surface area contributed by atoms with Gasteiger partial charge in [-0.05, 0) is 88.8 Å². The van der Waals surface area contributed by atoms with E-state index in [1.807, 2.05) is 0 Å². The van der Waals surface area contributed by atoms with E-state index in [-0.39, 0.29) is 0 Å². The van der Waals surface area contributed by atoms with E-state index in [9.17, 15) is 0 Å². The summed E-state index contributed by atoms with van der Waals surface area (Å²) in [7, 11) is -2.50. The van der Waals surface area contributed by atoms with Crippen LogP contribution in [0, 0.1) is 0 Å². The fourth-order valence-corrected chi connectivity index (χ4v) is 13.1. The Morgan fingerprint density at radius 3 is 1.77 bits per heavy atom. The summed E-state index contributed by atoms with van der Waals surface area (Å²) in [5.41, 5.74) is 7.84. The van der Waals surface area contributed by atoms with Gasteiger partial charge in [0.15, 0.2) is 8.07 Å². The van der Waals surface area contributed by atoms with Crippen molar-refractivity contribution in [1.29, 1.82) is 0 Å². The predicted octanol–water partition coefficient (Wildman–Crippen LogP) is 7.07. The molecule has 186 valence electrons. The molecular weight excluding hydrogens is 499 g/mol. The number of nitrogens with one attached hydrogen (secondary N) is 1. The van der Waals surface area contributed by atoms with Crippen LogP contribution in [-0.4, -0.2) is 8.07 Å². The molecule has 2 aliphatic rings. The largest absolute Gasteiger partial charge is 0.356 e. The van der Waals surface area contributed by atoms with Gasteiger partial charge in [-0.3, -0.25) is 0 Å². The third kappa shape index (κ3) is 2.81. The molecule has 0 radical (unpaired) electrons. The van der Waals surface area contributed by atoms with Crippen molar-refractivity contribution in [2.75, 3.05) is 5.32 Å². The van der Waals surface area contributed by atoms with E-state index in [2.05, 4.69) is 151 Å². The highest BCUT2D eigenvalue weighted by molar-refractivity contribution is 7.24. The first-order valence-corrected chi connectivity index (χ1v) is 15.9. The second kappa shape index (κ2) is 8.04. The van der Waals surface area contributed by atoms with E-state index in [1.165, 1.54) is 64.5 Å². The van der Waals surface area contributed by atoms with Crippen LogP contribution in [0.25, 0.3) is 43.8 Å². The zero-order chi connectivity index (χ0) is 26.3. The molecule has 7 aromatic rings. The van der Waals surface area contributed by atoms with Gasteiger partial charge in [0.1, 0.15) is 0 Å². The maximum atomic E-state index is 3.77. The molecule has 2 aliphatic heterocycles. The van der Waals surface area contributed by atoms with Gasteiger partial charge in [0.05, 0.1) is 0 Å². The van der Waals surface area contributed by atoms with Gasteiger partial charge in [0.2, 0.25) is 0 Å². The van der Waals surface area contributed by atoms with Crippen LogP contribution in [0.4, 0.5) is 11.4 Å². The number of fused-ring (bicyclic) bond motifs is 13. The lowest BCUT2D eigenvalue weighted by molar-refractivity contribution is 1.58. The summed E-state index contributed by atoms with van der Waals surface area (Å²) in [6, 6.07) is 54.2. The summed E-state index contributed by atoms with van der Waals surface area (Å²) < 4.78 is 0. The zero-order valence-corrected chi connectivity index (χ0v) is 22.9. The molecule has 2 heterocycles. The van der Waals surface area contributed by atoms with Crippen LogP contribution in [-0.2, 0) is 0 Å². The fourth-order valence-electron chi connectivity index (χ4n) is 7.42. The Kier molecular flexibility index (Phi) is 4.41. The summed E-state index contributed by atoms with van der Waals surface area (Å²) in [5, 5.41) is 14.9. The van der Waals surface area contributed by atoms with Crippen molar-refractivity contribution in [3.05, 3.63) is 146 Å². The van der Waals surface area contributed by atoms with Crippen molar-refractivity contribution in [2.45, 2.75) is 0 Å². The average molecular weight is 524 g/mol. The van der Waals surface area contributed by atoms with Crippen LogP contribution in [0.15, 0.2) is 146 Å². The summed E-state index contributed by atoms with van der Waals surface area (Å²) in [6.07, 6.45) is 0. The first-order chi connectivity index (χ1) is 19.8. The van der Waals surface area contributed by atoms with Gasteiger partial charge in [-0.1, -0.05) is 121 Å². The molecule has 7 aromatic carbocycles. The van der Waals surface area contributed by atoms with Crippen LogP contribution in [0.2, 0.25) is 0 Å². The second-order valence-corrected chi connectivity index (χ2v) is 14.7. The Morgan fingerprint density at radius 1 is 0.375 bits per heavy atom. The number of rotatable bonds is 2. The summed E-state index contributed by atoms with van der Waals surface area (Å²) in [6.45, 7) is 0. The highest BCUT2D eigenvalue weighted by atomic mass is 28.3. The Morgan fingerprint density at radius 2 is 0.975 bits per heavy atom. The van der Waals surface area contributed by atoms with E-state index < -0.39 is 8.07 Å². The Balaban J connectivity index is 1.34. The molecule has 0 saturated carbocycles. The molecule has 1 spiro atoms. The Labute approximate surface area is 234 Å². The van der Waals surface area contributed by atoms with Crippen LogP contribution in [0.3, 0.4) is 0 Å². The molecule has 2 heteroatoms. The molecule has 0 bridgehead atoms. The molecule has 1 nitrogen and oxygen atoms in total. The molecular formula is C38H25NSi. The van der Waals surface area contributed by atoms with Gasteiger partial charge in [0.25, 0.3) is 0 Å². The smallest absolute Gasteiger partial charge is 0.182 e. The molecule has 0 aliphatic carbocycles. The fraction of sp³-hybridized carbons (Fsp3) is 0. The van der Waals surface area contributed by atoms with Gasteiger partial charge in [0, 0.05) is 11.4 Å². The van der Waals surface area contributed by atoms with E-state index in [4.69, 9.17) is 0 Å². The molecule has 40 heavy (non-hydrogen) atoms. The van der Waals surface area contributed by atoms with Crippen LogP contribution in [0.1, 0.15) is 0 Å². The third-order valence-electron chi connectivity index (χ3n) is 9.02. The maximum Gasteiger partial charge on any atom is 0.182 e. The van der Waals surface area contributed by atoms with Gasteiger partial charge in [-0.2, -0.15) is 0 Å². The lowest BCUT2D eigenvalue weighted by Gasteiger charge is -2.28. The number of benzene rings is 7. The van der Waals surface area contributed by atoms with Crippen molar-refractivity contribution in [3.63, 3.8) is 0 Å². The van der Waals surface area contributed by atoms with E-state index in [0.29, 0.717) is 0 Å².